The maximum absolute atomic E-state index is 13.4. The second-order valence-corrected chi connectivity index (χ2v) is 5.33. The van der Waals surface area contributed by atoms with Gasteiger partial charge in [0.1, 0.15) is 5.82 Å². The maximum atomic E-state index is 13.4. The van der Waals surface area contributed by atoms with Crippen LogP contribution >= 0.6 is 23.6 Å². The fourth-order valence-electron chi connectivity index (χ4n) is 1.42. The molecule has 2 rings (SSSR count). The van der Waals surface area contributed by atoms with Crippen LogP contribution in [0.25, 0.3) is 0 Å². The van der Waals surface area contributed by atoms with E-state index in [9.17, 15) is 9.18 Å². The van der Waals surface area contributed by atoms with E-state index in [0.717, 1.165) is 0 Å². The first-order valence-electron chi connectivity index (χ1n) is 5.73. The van der Waals surface area contributed by atoms with Crippen molar-refractivity contribution in [1.82, 2.24) is 10.9 Å². The molecule has 0 radical (unpaired) electrons. The van der Waals surface area contributed by atoms with Gasteiger partial charge in [-0.15, -0.1) is 11.3 Å². The first-order chi connectivity index (χ1) is 9.56. The number of hydrogen-bond donors (Lipinski definition) is 3. The molecule has 1 aromatic carbocycles. The van der Waals surface area contributed by atoms with Gasteiger partial charge in [-0.25, -0.2) is 4.39 Å². The van der Waals surface area contributed by atoms with E-state index in [2.05, 4.69) is 16.2 Å². The van der Waals surface area contributed by atoms with Gasteiger partial charge in [0.25, 0.3) is 5.91 Å². The van der Waals surface area contributed by atoms with Gasteiger partial charge in [0.2, 0.25) is 0 Å². The van der Waals surface area contributed by atoms with Crippen molar-refractivity contribution >= 4 is 40.3 Å². The second-order valence-electron chi connectivity index (χ2n) is 3.97. The Labute approximate surface area is 125 Å². The number of thiophene rings is 1. The molecule has 0 fully saturated rings. The summed E-state index contributed by atoms with van der Waals surface area (Å²) in [7, 11) is 0. The third kappa shape index (κ3) is 3.75. The van der Waals surface area contributed by atoms with Gasteiger partial charge in [0.15, 0.2) is 5.11 Å². The molecule has 0 bridgehead atoms. The molecule has 0 unspecified atom stereocenters. The van der Waals surface area contributed by atoms with Crippen LogP contribution in [0.1, 0.15) is 15.2 Å². The summed E-state index contributed by atoms with van der Waals surface area (Å²) in [6.45, 7) is 1.68. The van der Waals surface area contributed by atoms with Gasteiger partial charge in [0.05, 0.1) is 4.88 Å². The van der Waals surface area contributed by atoms with Crippen molar-refractivity contribution in [2.75, 3.05) is 5.32 Å². The van der Waals surface area contributed by atoms with Crippen molar-refractivity contribution in [1.29, 1.82) is 0 Å². The Morgan fingerprint density at radius 2 is 2.10 bits per heavy atom. The Kier molecular flexibility index (Phi) is 4.65. The minimum Gasteiger partial charge on any atom is -0.331 e. The second kappa shape index (κ2) is 6.44. The summed E-state index contributed by atoms with van der Waals surface area (Å²) in [6, 6.07) is 8.17. The minimum atomic E-state index is -0.319. The standard InChI is InChI=1S/C13H12FN3OS2/c1-8-4-5-9(7-10(8)14)15-13(19)17-16-12(18)11-3-2-6-20-11/h2-7H,1H3,(H,16,18)(H2,15,17,19). The number of aryl methyl sites for hydroxylation is 1. The smallest absolute Gasteiger partial charge is 0.279 e. The predicted octanol–water partition coefficient (Wildman–Crippen LogP) is 2.83. The van der Waals surface area contributed by atoms with Crippen LogP contribution < -0.4 is 16.2 Å². The van der Waals surface area contributed by atoms with Crippen LogP contribution in [0.15, 0.2) is 35.7 Å². The van der Waals surface area contributed by atoms with Crippen molar-refractivity contribution in [2.24, 2.45) is 0 Å². The Balaban J connectivity index is 1.86. The molecule has 0 aliphatic carbocycles. The molecule has 20 heavy (non-hydrogen) atoms. The summed E-state index contributed by atoms with van der Waals surface area (Å²) in [5.74, 6) is -0.598. The summed E-state index contributed by atoms with van der Waals surface area (Å²) < 4.78 is 13.4. The van der Waals surface area contributed by atoms with Crippen LogP contribution in [0.4, 0.5) is 10.1 Å². The van der Waals surface area contributed by atoms with E-state index >= 15 is 0 Å². The summed E-state index contributed by atoms with van der Waals surface area (Å²) in [5.41, 5.74) is 6.08. The molecule has 3 N–H and O–H groups in total. The van der Waals surface area contributed by atoms with Crippen molar-refractivity contribution in [3.05, 3.63) is 52.0 Å². The molecule has 0 spiro atoms. The van der Waals surface area contributed by atoms with Crippen molar-refractivity contribution in [3.8, 4) is 0 Å². The maximum Gasteiger partial charge on any atom is 0.279 e. The number of benzene rings is 1. The largest absolute Gasteiger partial charge is 0.331 e. The lowest BCUT2D eigenvalue weighted by Crippen LogP contribution is -2.43. The van der Waals surface area contributed by atoms with Crippen LogP contribution in [0, 0.1) is 12.7 Å². The molecule has 0 aliphatic rings. The third-order valence-electron chi connectivity index (χ3n) is 2.46. The van der Waals surface area contributed by atoms with Crippen LogP contribution in [0.5, 0.6) is 0 Å². The summed E-state index contributed by atoms with van der Waals surface area (Å²) >= 11 is 6.33. The highest BCUT2D eigenvalue weighted by molar-refractivity contribution is 7.80. The van der Waals surface area contributed by atoms with E-state index in [0.29, 0.717) is 16.1 Å². The topological polar surface area (TPSA) is 53.2 Å². The number of thiocarbonyl (C=S) groups is 1. The quantitative estimate of drug-likeness (QED) is 0.590. The molecular formula is C13H12FN3OS2. The van der Waals surface area contributed by atoms with E-state index in [1.165, 1.54) is 17.4 Å². The van der Waals surface area contributed by atoms with Crippen LogP contribution in [-0.4, -0.2) is 11.0 Å². The fourth-order valence-corrected chi connectivity index (χ4v) is 2.20. The van der Waals surface area contributed by atoms with E-state index in [-0.39, 0.29) is 16.8 Å². The molecule has 4 nitrogen and oxygen atoms in total. The summed E-state index contributed by atoms with van der Waals surface area (Å²) in [6.07, 6.45) is 0. The van der Waals surface area contributed by atoms with Gasteiger partial charge in [0, 0.05) is 5.69 Å². The lowest BCUT2D eigenvalue weighted by Gasteiger charge is -2.11. The first kappa shape index (κ1) is 14.4. The van der Waals surface area contributed by atoms with E-state index in [1.54, 1.807) is 36.6 Å². The van der Waals surface area contributed by atoms with Crippen LogP contribution in [0.3, 0.4) is 0 Å². The highest BCUT2D eigenvalue weighted by atomic mass is 32.1. The molecule has 0 saturated carbocycles. The molecule has 0 atom stereocenters. The number of rotatable bonds is 2. The zero-order chi connectivity index (χ0) is 14.5. The minimum absolute atomic E-state index is 0.179. The van der Waals surface area contributed by atoms with Gasteiger partial charge in [-0.1, -0.05) is 12.1 Å². The molecule has 0 saturated heterocycles. The summed E-state index contributed by atoms with van der Waals surface area (Å²) in [4.78, 5) is 12.2. The SMILES string of the molecule is Cc1ccc(NC(=S)NNC(=O)c2cccs2)cc1F. The van der Waals surface area contributed by atoms with Crippen molar-refractivity contribution in [3.63, 3.8) is 0 Å². The number of anilines is 1. The predicted molar refractivity (Wildman–Crippen MR) is 82.3 cm³/mol. The number of carbonyl (C=O) groups excluding carboxylic acids is 1. The number of halogens is 1. The lowest BCUT2D eigenvalue weighted by molar-refractivity contribution is 0.0948. The average Bonchev–Trinajstić information content (AvgIpc) is 2.94. The highest BCUT2D eigenvalue weighted by Crippen LogP contribution is 2.13. The number of nitrogens with one attached hydrogen (secondary N) is 3. The molecule has 104 valence electrons. The molecular weight excluding hydrogens is 297 g/mol. The van der Waals surface area contributed by atoms with Gasteiger partial charge in [-0.3, -0.25) is 15.6 Å². The van der Waals surface area contributed by atoms with Crippen LogP contribution in [0.2, 0.25) is 0 Å². The average molecular weight is 309 g/mol. The van der Waals surface area contributed by atoms with Crippen molar-refractivity contribution in [2.45, 2.75) is 6.92 Å². The van der Waals surface area contributed by atoms with Gasteiger partial charge >= 0.3 is 0 Å². The van der Waals surface area contributed by atoms with E-state index in [4.69, 9.17) is 12.2 Å². The molecule has 1 amide bonds. The Morgan fingerprint density at radius 3 is 2.75 bits per heavy atom. The molecule has 7 heteroatoms. The molecule has 2 aromatic rings. The number of hydrazine groups is 1. The number of carbonyl (C=O) groups is 1. The van der Waals surface area contributed by atoms with Crippen molar-refractivity contribution < 1.29 is 9.18 Å². The zero-order valence-electron chi connectivity index (χ0n) is 10.6. The van der Waals surface area contributed by atoms with E-state index in [1.807, 2.05) is 0 Å². The third-order valence-corrected chi connectivity index (χ3v) is 3.54. The highest BCUT2D eigenvalue weighted by Gasteiger charge is 2.06. The molecule has 0 aliphatic heterocycles. The Morgan fingerprint density at radius 1 is 1.30 bits per heavy atom. The van der Waals surface area contributed by atoms with Gasteiger partial charge < -0.3 is 5.32 Å². The number of hydrogen-bond acceptors (Lipinski definition) is 3. The summed E-state index contributed by atoms with van der Waals surface area (Å²) in [5, 5.41) is 4.76. The van der Waals surface area contributed by atoms with Crippen LogP contribution in [-0.2, 0) is 0 Å². The first-order valence-corrected chi connectivity index (χ1v) is 7.02. The lowest BCUT2D eigenvalue weighted by atomic mass is 10.2. The Hall–Kier alpha value is -1.99. The van der Waals surface area contributed by atoms with E-state index < -0.39 is 0 Å². The monoisotopic (exact) mass is 309 g/mol. The zero-order valence-corrected chi connectivity index (χ0v) is 12.2. The van der Waals surface area contributed by atoms with Gasteiger partial charge in [-0.05, 0) is 48.3 Å². The number of amides is 1. The Bertz CT molecular complexity index is 629. The fraction of sp³-hybridized carbons (Fsp3) is 0.0769. The molecule has 1 aromatic heterocycles. The normalized spacial score (nSPS) is 9.90. The van der Waals surface area contributed by atoms with Gasteiger partial charge in [-0.2, -0.15) is 0 Å². The molecule has 1 heterocycles.